The monoisotopic (exact) mass is 185 g/mol. The molecule has 0 saturated heterocycles. The molecule has 0 saturated carbocycles. The molecule has 0 fully saturated rings. The third-order valence-electron chi connectivity index (χ3n) is 1.87. The lowest BCUT2D eigenvalue weighted by atomic mass is 10.2. The molecule has 0 heterocycles. The van der Waals surface area contributed by atoms with Crippen molar-refractivity contribution in [1.29, 1.82) is 0 Å². The number of allylic oxidation sites excluding steroid dienone is 10. The molecule has 0 aliphatic heterocycles. The first-order valence-electron chi connectivity index (χ1n) is 5.12. The van der Waals surface area contributed by atoms with Gasteiger partial charge in [0.05, 0.1) is 0 Å². The minimum Gasteiger partial charge on any atom is -0.0876 e. The molecule has 0 atom stereocenters. The smallest absolute Gasteiger partial charge is 0.0130 e. The third-order valence-corrected chi connectivity index (χ3v) is 1.87. The quantitative estimate of drug-likeness (QED) is 0.497. The Labute approximate surface area is 87.0 Å². The molecular weight excluding hydrogens is 168 g/mol. The lowest BCUT2D eigenvalue weighted by Crippen LogP contribution is -1.67. The Morgan fingerprint density at radius 2 is 1.00 bits per heavy atom. The maximum absolute atomic E-state index is 2.20. The van der Waals surface area contributed by atoms with Gasteiger partial charge >= 0.3 is 0 Å². The van der Waals surface area contributed by atoms with Crippen LogP contribution in [0.3, 0.4) is 0 Å². The molecule has 14 heavy (non-hydrogen) atoms. The maximum Gasteiger partial charge on any atom is -0.0130 e. The SMILES string of the molecule is [CH]1C=CC=CC=CCC=CCC=CC1. The first-order valence-corrected chi connectivity index (χ1v) is 5.12. The normalized spacial score (nSPS) is 18.3. The largest absolute Gasteiger partial charge is 0.0876 e. The van der Waals surface area contributed by atoms with E-state index in [9.17, 15) is 0 Å². The molecule has 1 radical (unpaired) electrons. The molecule has 0 nitrogen and oxygen atoms in total. The molecule has 0 N–H and O–H groups in total. The van der Waals surface area contributed by atoms with Crippen molar-refractivity contribution in [3.05, 3.63) is 67.2 Å². The summed E-state index contributed by atoms with van der Waals surface area (Å²) in [5, 5.41) is 0. The molecule has 0 bridgehead atoms. The van der Waals surface area contributed by atoms with E-state index in [0.717, 1.165) is 19.3 Å². The average Bonchev–Trinajstić information content (AvgIpc) is 2.22. The van der Waals surface area contributed by atoms with E-state index in [0.29, 0.717) is 0 Å². The van der Waals surface area contributed by atoms with Gasteiger partial charge in [0.1, 0.15) is 0 Å². The van der Waals surface area contributed by atoms with E-state index in [1.54, 1.807) is 0 Å². The van der Waals surface area contributed by atoms with Crippen LogP contribution in [-0.4, -0.2) is 0 Å². The Balaban J connectivity index is 2.45. The zero-order valence-corrected chi connectivity index (χ0v) is 8.47. The highest BCUT2D eigenvalue weighted by Crippen LogP contribution is 1.97. The molecule has 0 aromatic heterocycles. The van der Waals surface area contributed by atoms with Gasteiger partial charge in [-0.2, -0.15) is 0 Å². The van der Waals surface area contributed by atoms with Crippen LogP contribution in [0.4, 0.5) is 0 Å². The van der Waals surface area contributed by atoms with Gasteiger partial charge in [-0.1, -0.05) is 60.8 Å². The summed E-state index contributed by atoms with van der Waals surface area (Å²) in [6.45, 7) is 0. The van der Waals surface area contributed by atoms with E-state index in [2.05, 4.69) is 61.1 Å². The predicted octanol–water partition coefficient (Wildman–Crippen LogP) is 4.16. The van der Waals surface area contributed by atoms with Crippen LogP contribution in [0.5, 0.6) is 0 Å². The van der Waals surface area contributed by atoms with Crippen molar-refractivity contribution in [2.45, 2.75) is 19.3 Å². The van der Waals surface area contributed by atoms with Crippen molar-refractivity contribution in [1.82, 2.24) is 0 Å². The highest BCUT2D eigenvalue weighted by atomic mass is 13.8. The van der Waals surface area contributed by atoms with Crippen LogP contribution in [0, 0.1) is 6.42 Å². The van der Waals surface area contributed by atoms with Gasteiger partial charge in [0.25, 0.3) is 0 Å². The Morgan fingerprint density at radius 1 is 0.429 bits per heavy atom. The second-order valence-electron chi connectivity index (χ2n) is 3.08. The molecule has 0 aromatic rings. The number of hydrogen-bond acceptors (Lipinski definition) is 0. The third kappa shape index (κ3) is 6.24. The second-order valence-corrected chi connectivity index (χ2v) is 3.08. The summed E-state index contributed by atoms with van der Waals surface area (Å²) in [5.41, 5.74) is 0. The topological polar surface area (TPSA) is 0 Å². The number of rotatable bonds is 0. The van der Waals surface area contributed by atoms with Crippen molar-refractivity contribution in [3.63, 3.8) is 0 Å². The minimum absolute atomic E-state index is 1.02. The van der Waals surface area contributed by atoms with E-state index in [1.165, 1.54) is 0 Å². The van der Waals surface area contributed by atoms with Gasteiger partial charge in [-0.3, -0.25) is 0 Å². The van der Waals surface area contributed by atoms with Crippen molar-refractivity contribution in [2.75, 3.05) is 0 Å². The lowest BCUT2D eigenvalue weighted by molar-refractivity contribution is 1.24. The summed E-state index contributed by atoms with van der Waals surface area (Å²) >= 11 is 0. The average molecular weight is 185 g/mol. The summed E-state index contributed by atoms with van der Waals surface area (Å²) < 4.78 is 0. The summed E-state index contributed by atoms with van der Waals surface area (Å²) in [4.78, 5) is 0. The minimum atomic E-state index is 1.02. The standard InChI is InChI=1S/C14H17/c1-2-4-6-8-10-12-14-13-11-9-7-5-3-1/h1-7,10-13H,8-9,14H2. The maximum atomic E-state index is 2.20. The van der Waals surface area contributed by atoms with Crippen molar-refractivity contribution in [2.24, 2.45) is 0 Å². The fourth-order valence-corrected chi connectivity index (χ4v) is 1.13. The zero-order valence-electron chi connectivity index (χ0n) is 8.47. The first-order chi connectivity index (χ1) is 7.00. The molecule has 0 aromatic carbocycles. The molecule has 1 rings (SSSR count). The fourth-order valence-electron chi connectivity index (χ4n) is 1.13. The van der Waals surface area contributed by atoms with Crippen LogP contribution in [0.1, 0.15) is 19.3 Å². The van der Waals surface area contributed by atoms with Crippen LogP contribution in [0.25, 0.3) is 0 Å². The molecular formula is C14H17. The van der Waals surface area contributed by atoms with Gasteiger partial charge in [0, 0.05) is 0 Å². The van der Waals surface area contributed by atoms with Crippen molar-refractivity contribution >= 4 is 0 Å². The van der Waals surface area contributed by atoms with Gasteiger partial charge in [0.2, 0.25) is 0 Å². The van der Waals surface area contributed by atoms with Crippen molar-refractivity contribution < 1.29 is 0 Å². The van der Waals surface area contributed by atoms with E-state index in [1.807, 2.05) is 6.08 Å². The summed E-state index contributed by atoms with van der Waals surface area (Å²) in [6, 6.07) is 0. The van der Waals surface area contributed by atoms with E-state index in [4.69, 9.17) is 0 Å². The van der Waals surface area contributed by atoms with Crippen LogP contribution in [0.2, 0.25) is 0 Å². The fraction of sp³-hybridized carbons (Fsp3) is 0.214. The zero-order chi connectivity index (χ0) is 9.90. The second kappa shape index (κ2) is 8.31. The van der Waals surface area contributed by atoms with Gasteiger partial charge in [-0.25, -0.2) is 0 Å². The van der Waals surface area contributed by atoms with Gasteiger partial charge in [-0.15, -0.1) is 0 Å². The van der Waals surface area contributed by atoms with Crippen molar-refractivity contribution in [3.8, 4) is 0 Å². The highest BCUT2D eigenvalue weighted by Gasteiger charge is 1.77. The van der Waals surface area contributed by atoms with Crippen LogP contribution in [-0.2, 0) is 0 Å². The van der Waals surface area contributed by atoms with Crippen LogP contribution < -0.4 is 0 Å². The molecule has 0 spiro atoms. The van der Waals surface area contributed by atoms with Gasteiger partial charge in [0.15, 0.2) is 0 Å². The van der Waals surface area contributed by atoms with Gasteiger partial charge in [-0.05, 0) is 25.7 Å². The summed E-state index contributed by atoms with van der Waals surface area (Å²) in [5.74, 6) is 0. The molecule has 73 valence electrons. The van der Waals surface area contributed by atoms with E-state index < -0.39 is 0 Å². The Hall–Kier alpha value is -1.30. The van der Waals surface area contributed by atoms with Gasteiger partial charge < -0.3 is 0 Å². The van der Waals surface area contributed by atoms with Crippen LogP contribution in [0.15, 0.2) is 60.8 Å². The summed E-state index contributed by atoms with van der Waals surface area (Å²) in [7, 11) is 0. The molecule has 1 aliphatic rings. The molecule has 0 unspecified atom stereocenters. The van der Waals surface area contributed by atoms with E-state index >= 15 is 0 Å². The molecule has 0 heteroatoms. The first kappa shape index (κ1) is 10.8. The lowest BCUT2D eigenvalue weighted by Gasteiger charge is -1.87. The molecule has 0 amide bonds. The Kier molecular flexibility index (Phi) is 6.39. The van der Waals surface area contributed by atoms with Crippen LogP contribution >= 0.6 is 0 Å². The Morgan fingerprint density at radius 3 is 1.86 bits per heavy atom. The number of hydrogen-bond donors (Lipinski definition) is 0. The molecule has 1 aliphatic carbocycles. The highest BCUT2D eigenvalue weighted by molar-refractivity contribution is 5.15. The summed E-state index contributed by atoms with van der Waals surface area (Å²) in [6.07, 6.45) is 26.5. The van der Waals surface area contributed by atoms with E-state index in [-0.39, 0.29) is 0 Å². The Bertz CT molecular complexity index is 262. The predicted molar refractivity (Wildman–Crippen MR) is 63.9 cm³/mol.